The van der Waals surface area contributed by atoms with Crippen LogP contribution in [0.2, 0.25) is 0 Å². The van der Waals surface area contributed by atoms with Gasteiger partial charge in [-0.15, -0.1) is 11.3 Å². The van der Waals surface area contributed by atoms with Gasteiger partial charge in [-0.3, -0.25) is 9.59 Å². The number of hydrogen-bond donors (Lipinski definition) is 1. The first-order valence-electron chi connectivity index (χ1n) is 9.62. The maximum atomic E-state index is 13.0. The second kappa shape index (κ2) is 6.77. The number of hydrogen-bond acceptors (Lipinski definition) is 6. The summed E-state index contributed by atoms with van der Waals surface area (Å²) in [6.07, 6.45) is 7.44. The molecule has 1 aliphatic rings. The van der Waals surface area contributed by atoms with Crippen LogP contribution >= 0.6 is 11.3 Å². The molecule has 0 bridgehead atoms. The molecule has 148 valence electrons. The summed E-state index contributed by atoms with van der Waals surface area (Å²) >= 11 is 1.45. The smallest absolute Gasteiger partial charge is 0.286 e. The van der Waals surface area contributed by atoms with Crippen molar-refractivity contribution in [2.75, 3.05) is 5.32 Å². The number of nitrogens with one attached hydrogen (secondary N) is 1. The normalized spacial score (nSPS) is 14.2. The second-order valence-corrected chi connectivity index (χ2v) is 8.73. The summed E-state index contributed by atoms with van der Waals surface area (Å²) in [4.78, 5) is 34.3. The third-order valence-electron chi connectivity index (χ3n) is 5.00. The number of carbonyl (C=O) groups excluding carboxylic acids is 1. The largest absolute Gasteiger partial charge is 0.323 e. The van der Waals surface area contributed by atoms with Gasteiger partial charge >= 0.3 is 0 Å². The molecule has 5 rings (SSSR count). The molecule has 1 N–H and O–H groups in total. The van der Waals surface area contributed by atoms with E-state index < -0.39 is 0 Å². The molecule has 1 fully saturated rings. The molecule has 0 atom stereocenters. The van der Waals surface area contributed by atoms with Crippen molar-refractivity contribution in [2.45, 2.75) is 45.1 Å². The van der Waals surface area contributed by atoms with Gasteiger partial charge in [-0.25, -0.2) is 14.6 Å². The van der Waals surface area contributed by atoms with Crippen LogP contribution in [0.5, 0.6) is 0 Å². The average Bonchev–Trinajstić information content (AvgIpc) is 3.26. The summed E-state index contributed by atoms with van der Waals surface area (Å²) < 4.78 is 3.68. The van der Waals surface area contributed by atoms with Crippen LogP contribution in [-0.2, 0) is 11.3 Å². The first-order valence-corrected chi connectivity index (χ1v) is 10.4. The minimum atomic E-state index is -0.306. The number of anilines is 1. The number of amides is 1. The lowest BCUT2D eigenvalue weighted by molar-refractivity contribution is -0.117. The molecule has 9 heteroatoms. The Bertz CT molecular complexity index is 1300. The molecule has 1 saturated carbocycles. The van der Waals surface area contributed by atoms with Crippen molar-refractivity contribution in [3.05, 3.63) is 51.9 Å². The first kappa shape index (κ1) is 18.0. The fourth-order valence-electron chi connectivity index (χ4n) is 3.33. The number of nitrogens with zero attached hydrogens (tertiary/aromatic N) is 5. The van der Waals surface area contributed by atoms with Crippen molar-refractivity contribution in [1.29, 1.82) is 0 Å². The first-order chi connectivity index (χ1) is 14.0. The van der Waals surface area contributed by atoms with Gasteiger partial charge in [-0.05, 0) is 30.9 Å². The highest BCUT2D eigenvalue weighted by Crippen LogP contribution is 2.43. The van der Waals surface area contributed by atoms with Crippen molar-refractivity contribution in [3.8, 4) is 0 Å². The number of rotatable bonds is 5. The summed E-state index contributed by atoms with van der Waals surface area (Å²) in [6.45, 7) is 3.90. The third-order valence-corrected chi connectivity index (χ3v) is 6.21. The highest BCUT2D eigenvalue weighted by Gasteiger charge is 2.29. The van der Waals surface area contributed by atoms with Crippen molar-refractivity contribution in [2.24, 2.45) is 0 Å². The Morgan fingerprint density at radius 2 is 2.17 bits per heavy atom. The second-order valence-electron chi connectivity index (χ2n) is 7.70. The van der Waals surface area contributed by atoms with E-state index in [0.29, 0.717) is 21.8 Å². The molecule has 0 unspecified atom stereocenters. The lowest BCUT2D eigenvalue weighted by Crippen LogP contribution is -2.30. The van der Waals surface area contributed by atoms with E-state index in [2.05, 4.69) is 15.4 Å². The van der Waals surface area contributed by atoms with Crippen molar-refractivity contribution in [3.63, 3.8) is 0 Å². The van der Waals surface area contributed by atoms with Gasteiger partial charge in [0.25, 0.3) is 5.56 Å². The molecule has 0 aromatic carbocycles. The molecular formula is C20H20N6O2S. The zero-order chi connectivity index (χ0) is 20.1. The molecule has 29 heavy (non-hydrogen) atoms. The van der Waals surface area contributed by atoms with E-state index in [0.717, 1.165) is 29.1 Å². The van der Waals surface area contributed by atoms with Crippen LogP contribution in [-0.4, -0.2) is 30.1 Å². The standard InChI is InChI=1S/C20H20N6O2S/c1-11(2)16-17-18(29-19(23-17)12-3-4-12)20(28)26(24-16)9-15(27)22-13-5-6-14-7-21-10-25(14)8-13/h5-8,10-12H,3-4,9H2,1-2H3,(H,22,27). The van der Waals surface area contributed by atoms with Crippen LogP contribution in [0.1, 0.15) is 49.2 Å². The van der Waals surface area contributed by atoms with E-state index in [1.165, 1.54) is 16.0 Å². The Hall–Kier alpha value is -3.07. The van der Waals surface area contributed by atoms with Crippen LogP contribution in [0.25, 0.3) is 15.7 Å². The molecule has 8 nitrogen and oxygen atoms in total. The summed E-state index contributed by atoms with van der Waals surface area (Å²) in [5.41, 5.74) is 2.76. The van der Waals surface area contributed by atoms with E-state index in [1.807, 2.05) is 24.3 Å². The molecule has 1 amide bonds. The zero-order valence-corrected chi connectivity index (χ0v) is 16.9. The van der Waals surface area contributed by atoms with Gasteiger partial charge in [0.05, 0.1) is 34.4 Å². The molecule has 0 radical (unpaired) electrons. The highest BCUT2D eigenvalue weighted by atomic mass is 32.1. The average molecular weight is 408 g/mol. The van der Waals surface area contributed by atoms with Gasteiger partial charge in [-0.2, -0.15) is 5.10 Å². The Balaban J connectivity index is 1.46. The summed E-state index contributed by atoms with van der Waals surface area (Å²) in [7, 11) is 0. The minimum Gasteiger partial charge on any atom is -0.323 e. The van der Waals surface area contributed by atoms with Crippen LogP contribution in [0.15, 0.2) is 35.6 Å². The Kier molecular flexibility index (Phi) is 4.20. The lowest BCUT2D eigenvalue weighted by atomic mass is 10.1. The van der Waals surface area contributed by atoms with Gasteiger partial charge in [0, 0.05) is 12.1 Å². The van der Waals surface area contributed by atoms with E-state index in [1.54, 1.807) is 24.8 Å². The number of pyridine rings is 1. The number of imidazole rings is 1. The molecule has 1 aliphatic carbocycles. The highest BCUT2D eigenvalue weighted by molar-refractivity contribution is 7.18. The molecule has 4 aromatic heterocycles. The number of carbonyl (C=O) groups is 1. The SMILES string of the molecule is CC(C)c1nn(CC(=O)Nc2ccc3cncn3c2)c(=O)c2sc(C3CC3)nc12. The summed E-state index contributed by atoms with van der Waals surface area (Å²) in [6, 6.07) is 3.67. The predicted molar refractivity (Wildman–Crippen MR) is 112 cm³/mol. The molecular weight excluding hydrogens is 388 g/mol. The molecule has 4 heterocycles. The summed E-state index contributed by atoms with van der Waals surface area (Å²) in [5, 5.41) is 8.33. The maximum Gasteiger partial charge on any atom is 0.286 e. The van der Waals surface area contributed by atoms with E-state index >= 15 is 0 Å². The number of aromatic nitrogens is 5. The van der Waals surface area contributed by atoms with Crippen molar-refractivity contribution < 1.29 is 4.79 Å². The monoisotopic (exact) mass is 408 g/mol. The van der Waals surface area contributed by atoms with Crippen LogP contribution in [0.3, 0.4) is 0 Å². The van der Waals surface area contributed by atoms with Gasteiger partial charge in [-0.1, -0.05) is 13.8 Å². The lowest BCUT2D eigenvalue weighted by Gasteiger charge is -2.11. The molecule has 4 aromatic rings. The van der Waals surface area contributed by atoms with Crippen LogP contribution in [0.4, 0.5) is 5.69 Å². The summed E-state index contributed by atoms with van der Waals surface area (Å²) in [5.74, 6) is 0.270. The van der Waals surface area contributed by atoms with Gasteiger partial charge < -0.3 is 9.72 Å². The topological polar surface area (TPSA) is 94.2 Å². The Labute approximate surface area is 170 Å². The van der Waals surface area contributed by atoms with Gasteiger partial charge in [0.2, 0.25) is 5.91 Å². The third kappa shape index (κ3) is 3.31. The maximum absolute atomic E-state index is 13.0. The van der Waals surface area contributed by atoms with E-state index in [-0.39, 0.29) is 23.9 Å². The number of fused-ring (bicyclic) bond motifs is 2. The Morgan fingerprint density at radius 3 is 2.93 bits per heavy atom. The van der Waals surface area contributed by atoms with E-state index in [9.17, 15) is 9.59 Å². The molecule has 0 spiro atoms. The quantitative estimate of drug-likeness (QED) is 0.547. The van der Waals surface area contributed by atoms with Crippen molar-refractivity contribution in [1.82, 2.24) is 24.1 Å². The van der Waals surface area contributed by atoms with Crippen LogP contribution < -0.4 is 10.9 Å². The van der Waals surface area contributed by atoms with Crippen LogP contribution in [0, 0.1) is 0 Å². The fourth-order valence-corrected chi connectivity index (χ4v) is 4.51. The molecule has 0 aliphatic heterocycles. The fraction of sp³-hybridized carbons (Fsp3) is 0.350. The molecule has 0 saturated heterocycles. The van der Waals surface area contributed by atoms with Gasteiger partial charge in [0.1, 0.15) is 16.8 Å². The van der Waals surface area contributed by atoms with Crippen molar-refractivity contribution >= 4 is 38.7 Å². The predicted octanol–water partition coefficient (Wildman–Crippen LogP) is 3.14. The Morgan fingerprint density at radius 1 is 1.34 bits per heavy atom. The number of thiazole rings is 1. The van der Waals surface area contributed by atoms with Gasteiger partial charge in [0.15, 0.2) is 0 Å². The van der Waals surface area contributed by atoms with E-state index in [4.69, 9.17) is 4.98 Å². The minimum absolute atomic E-state index is 0.102. The zero-order valence-electron chi connectivity index (χ0n) is 16.1.